The molecule has 1 aliphatic rings. The summed E-state index contributed by atoms with van der Waals surface area (Å²) in [7, 11) is 1.85. The number of carboxylic acids is 1. The molecule has 6 nitrogen and oxygen atoms in total. The highest BCUT2D eigenvalue weighted by molar-refractivity contribution is 8.00. The molecular weight excluding hydrogens is 352 g/mol. The second kappa shape index (κ2) is 9.62. The first-order chi connectivity index (χ1) is 12.4. The van der Waals surface area contributed by atoms with E-state index >= 15 is 0 Å². The molecule has 0 bridgehead atoms. The molecule has 1 aromatic carbocycles. The highest BCUT2D eigenvalue weighted by atomic mass is 32.2. The lowest BCUT2D eigenvalue weighted by Gasteiger charge is -2.31. The number of rotatable bonds is 7. The molecular formula is C19H26N2O4S. The molecule has 0 aromatic heterocycles. The molecule has 0 radical (unpaired) electrons. The van der Waals surface area contributed by atoms with Gasteiger partial charge in [-0.25, -0.2) is 0 Å². The fourth-order valence-electron chi connectivity index (χ4n) is 3.03. The molecule has 26 heavy (non-hydrogen) atoms. The number of carbonyl (C=O) groups excluding carboxylic acids is 2. The number of thioether (sulfide) groups is 1. The smallest absolute Gasteiger partial charge is 0.325 e. The standard InChI is InChI=1S/C19H26N2O4S/c1-13(19(24)25)20-18(23)15-10-6-7-11-16(15)26-12-17(22)21(2)14-8-4-3-5-9-14/h6-7,10-11,13-14H,3-5,8-9,12H2,1-2H3,(H,20,23)(H,24,25)/t13-/m0/s1. The molecule has 1 aromatic rings. The van der Waals surface area contributed by atoms with E-state index in [2.05, 4.69) is 5.32 Å². The van der Waals surface area contributed by atoms with E-state index in [1.807, 2.05) is 11.9 Å². The Kier molecular flexibility index (Phi) is 7.50. The van der Waals surface area contributed by atoms with E-state index in [1.165, 1.54) is 37.9 Å². The van der Waals surface area contributed by atoms with E-state index in [0.717, 1.165) is 12.8 Å². The first-order valence-corrected chi connectivity index (χ1v) is 9.90. The summed E-state index contributed by atoms with van der Waals surface area (Å²) < 4.78 is 0. The van der Waals surface area contributed by atoms with Gasteiger partial charge in [0, 0.05) is 18.0 Å². The van der Waals surface area contributed by atoms with Crippen LogP contribution in [-0.4, -0.2) is 52.7 Å². The molecule has 2 N–H and O–H groups in total. The molecule has 1 fully saturated rings. The number of benzene rings is 1. The fraction of sp³-hybridized carbons (Fsp3) is 0.526. The number of aliphatic carboxylic acids is 1. The molecule has 1 saturated carbocycles. The minimum absolute atomic E-state index is 0.0519. The Balaban J connectivity index is 1.97. The van der Waals surface area contributed by atoms with Gasteiger partial charge in [0.1, 0.15) is 6.04 Å². The van der Waals surface area contributed by atoms with Gasteiger partial charge in [0.2, 0.25) is 5.91 Å². The van der Waals surface area contributed by atoms with Gasteiger partial charge in [-0.15, -0.1) is 11.8 Å². The van der Waals surface area contributed by atoms with Gasteiger partial charge in [0.05, 0.1) is 11.3 Å². The van der Waals surface area contributed by atoms with Crippen LogP contribution in [0, 0.1) is 0 Å². The number of hydrogen-bond donors (Lipinski definition) is 2. The van der Waals surface area contributed by atoms with E-state index in [-0.39, 0.29) is 11.7 Å². The Morgan fingerprint density at radius 2 is 1.88 bits per heavy atom. The number of carbonyl (C=O) groups is 3. The Hall–Kier alpha value is -2.02. The molecule has 2 amide bonds. The van der Waals surface area contributed by atoms with Crippen molar-refractivity contribution >= 4 is 29.5 Å². The summed E-state index contributed by atoms with van der Waals surface area (Å²) in [5, 5.41) is 11.4. The van der Waals surface area contributed by atoms with E-state index in [0.29, 0.717) is 16.5 Å². The monoisotopic (exact) mass is 378 g/mol. The SMILES string of the molecule is C[C@H](NC(=O)c1ccccc1SCC(=O)N(C)C1CCCCC1)C(=O)O. The van der Waals surface area contributed by atoms with Crippen molar-refractivity contribution in [2.45, 2.75) is 56.0 Å². The van der Waals surface area contributed by atoms with Crippen molar-refractivity contribution in [3.8, 4) is 0 Å². The second-order valence-electron chi connectivity index (χ2n) is 6.61. The third-order valence-corrected chi connectivity index (χ3v) is 5.77. The van der Waals surface area contributed by atoms with Crippen LogP contribution in [0.5, 0.6) is 0 Å². The highest BCUT2D eigenvalue weighted by Gasteiger charge is 2.23. The van der Waals surface area contributed by atoms with Gasteiger partial charge < -0.3 is 15.3 Å². The third-order valence-electron chi connectivity index (χ3n) is 4.72. The molecule has 7 heteroatoms. The van der Waals surface area contributed by atoms with E-state index in [9.17, 15) is 14.4 Å². The van der Waals surface area contributed by atoms with Crippen molar-refractivity contribution in [2.75, 3.05) is 12.8 Å². The topological polar surface area (TPSA) is 86.7 Å². The molecule has 0 aliphatic heterocycles. The van der Waals surface area contributed by atoms with Crippen molar-refractivity contribution in [2.24, 2.45) is 0 Å². The zero-order chi connectivity index (χ0) is 19.1. The predicted octanol–water partition coefficient (Wildman–Crippen LogP) is 2.77. The predicted molar refractivity (Wildman–Crippen MR) is 101 cm³/mol. The van der Waals surface area contributed by atoms with Crippen LogP contribution in [0.3, 0.4) is 0 Å². The zero-order valence-electron chi connectivity index (χ0n) is 15.2. The van der Waals surface area contributed by atoms with E-state index < -0.39 is 17.9 Å². The zero-order valence-corrected chi connectivity index (χ0v) is 16.1. The average molecular weight is 378 g/mol. The minimum atomic E-state index is -1.09. The average Bonchev–Trinajstić information content (AvgIpc) is 2.66. The lowest BCUT2D eigenvalue weighted by Crippen LogP contribution is -2.39. The van der Waals surface area contributed by atoms with Crippen molar-refractivity contribution in [3.63, 3.8) is 0 Å². The van der Waals surface area contributed by atoms with Crippen LogP contribution in [0.15, 0.2) is 29.2 Å². The quantitative estimate of drug-likeness (QED) is 0.713. The lowest BCUT2D eigenvalue weighted by atomic mass is 9.94. The molecule has 1 aliphatic carbocycles. The summed E-state index contributed by atoms with van der Waals surface area (Å²) in [5.41, 5.74) is 0.388. The van der Waals surface area contributed by atoms with Crippen molar-refractivity contribution in [3.05, 3.63) is 29.8 Å². The number of amides is 2. The number of hydrogen-bond acceptors (Lipinski definition) is 4. The third kappa shape index (κ3) is 5.49. The van der Waals surface area contributed by atoms with Crippen LogP contribution >= 0.6 is 11.8 Å². The van der Waals surface area contributed by atoms with Crippen LogP contribution < -0.4 is 5.32 Å². The van der Waals surface area contributed by atoms with Gasteiger partial charge in [-0.1, -0.05) is 31.4 Å². The van der Waals surface area contributed by atoms with Gasteiger partial charge in [-0.3, -0.25) is 14.4 Å². The molecule has 0 saturated heterocycles. The van der Waals surface area contributed by atoms with Crippen LogP contribution in [-0.2, 0) is 9.59 Å². The first-order valence-electron chi connectivity index (χ1n) is 8.91. The van der Waals surface area contributed by atoms with E-state index in [1.54, 1.807) is 24.3 Å². The largest absolute Gasteiger partial charge is 0.480 e. The number of carboxylic acid groups (broad SMARTS) is 1. The summed E-state index contributed by atoms with van der Waals surface area (Å²) in [6, 6.07) is 6.28. The van der Waals surface area contributed by atoms with Crippen molar-refractivity contribution < 1.29 is 19.5 Å². The Labute approximate surface area is 158 Å². The molecule has 142 valence electrons. The normalized spacial score (nSPS) is 15.9. The highest BCUT2D eigenvalue weighted by Crippen LogP contribution is 2.25. The van der Waals surface area contributed by atoms with Crippen LogP contribution in [0.25, 0.3) is 0 Å². The Morgan fingerprint density at radius 1 is 1.23 bits per heavy atom. The first kappa shape index (κ1) is 20.3. The summed E-state index contributed by atoms with van der Waals surface area (Å²) in [5.74, 6) is -1.23. The molecule has 0 unspecified atom stereocenters. The van der Waals surface area contributed by atoms with Gasteiger partial charge in [-0.2, -0.15) is 0 Å². The lowest BCUT2D eigenvalue weighted by molar-refractivity contribution is -0.138. The summed E-state index contributed by atoms with van der Waals surface area (Å²) in [4.78, 5) is 38.2. The van der Waals surface area contributed by atoms with Crippen LogP contribution in [0.4, 0.5) is 0 Å². The maximum atomic E-state index is 12.5. The van der Waals surface area contributed by atoms with E-state index in [4.69, 9.17) is 5.11 Å². The summed E-state index contributed by atoms with van der Waals surface area (Å²) in [6.07, 6.45) is 5.68. The Morgan fingerprint density at radius 3 is 2.54 bits per heavy atom. The number of nitrogens with zero attached hydrogens (tertiary/aromatic N) is 1. The summed E-state index contributed by atoms with van der Waals surface area (Å²) >= 11 is 1.31. The Bertz CT molecular complexity index is 659. The van der Waals surface area contributed by atoms with Crippen molar-refractivity contribution in [1.82, 2.24) is 10.2 Å². The molecule has 0 spiro atoms. The van der Waals surface area contributed by atoms with Gasteiger partial charge in [0.25, 0.3) is 5.91 Å². The van der Waals surface area contributed by atoms with Gasteiger partial charge in [0.15, 0.2) is 0 Å². The second-order valence-corrected chi connectivity index (χ2v) is 7.63. The van der Waals surface area contributed by atoms with Gasteiger partial charge in [-0.05, 0) is 31.9 Å². The molecule has 0 heterocycles. The molecule has 1 atom stereocenters. The maximum absolute atomic E-state index is 12.5. The van der Waals surface area contributed by atoms with Crippen LogP contribution in [0.1, 0.15) is 49.4 Å². The summed E-state index contributed by atoms with van der Waals surface area (Å²) in [6.45, 7) is 1.42. The number of nitrogens with one attached hydrogen (secondary N) is 1. The minimum Gasteiger partial charge on any atom is -0.480 e. The fourth-order valence-corrected chi connectivity index (χ4v) is 4.00. The maximum Gasteiger partial charge on any atom is 0.325 e. The van der Waals surface area contributed by atoms with Crippen molar-refractivity contribution in [1.29, 1.82) is 0 Å². The van der Waals surface area contributed by atoms with Gasteiger partial charge >= 0.3 is 5.97 Å². The van der Waals surface area contributed by atoms with Crippen LogP contribution in [0.2, 0.25) is 0 Å². The molecule has 2 rings (SSSR count).